The lowest BCUT2D eigenvalue weighted by Crippen LogP contribution is -2.26. The normalized spacial score (nSPS) is 27.1. The Morgan fingerprint density at radius 2 is 1.47 bits per heavy atom. The van der Waals surface area contributed by atoms with Crippen molar-refractivity contribution in [3.05, 3.63) is 23.3 Å². The number of fused-ring (bicyclic) bond motifs is 2. The van der Waals surface area contributed by atoms with Crippen LogP contribution in [0.15, 0.2) is 23.3 Å². The summed E-state index contributed by atoms with van der Waals surface area (Å²) in [7, 11) is 2.58. The smallest absolute Gasteiger partial charge is 0.336 e. The van der Waals surface area contributed by atoms with Gasteiger partial charge in [-0.25, -0.2) is 9.59 Å². The van der Waals surface area contributed by atoms with Gasteiger partial charge in [0.1, 0.15) is 0 Å². The number of hydrogen-bond acceptors (Lipinski definition) is 5. The van der Waals surface area contributed by atoms with Gasteiger partial charge in [-0.3, -0.25) is 5.32 Å². The molecule has 0 aromatic carbocycles. The first kappa shape index (κ1) is 9.92. The number of nitrogens with one attached hydrogen (secondary N) is 1. The molecule has 0 fully saturated rings. The Bertz CT molecular complexity index is 349. The summed E-state index contributed by atoms with van der Waals surface area (Å²) in [6.45, 7) is 0. The Kier molecular flexibility index (Phi) is 2.32. The second-order valence-corrected chi connectivity index (χ2v) is 3.32. The highest BCUT2D eigenvalue weighted by molar-refractivity contribution is 6.04. The molecule has 2 aliphatic rings. The van der Waals surface area contributed by atoms with Gasteiger partial charge in [-0.2, -0.15) is 0 Å². The van der Waals surface area contributed by atoms with Crippen molar-refractivity contribution < 1.29 is 19.1 Å². The summed E-state index contributed by atoms with van der Waals surface area (Å²) in [6, 6.07) is -0.451. The average molecular weight is 209 g/mol. The van der Waals surface area contributed by atoms with Crippen LogP contribution in [-0.2, 0) is 19.1 Å². The Morgan fingerprint density at radius 3 is 1.80 bits per heavy atom. The van der Waals surface area contributed by atoms with E-state index in [4.69, 9.17) is 0 Å². The van der Waals surface area contributed by atoms with Crippen molar-refractivity contribution in [3.8, 4) is 0 Å². The van der Waals surface area contributed by atoms with Crippen LogP contribution in [0.25, 0.3) is 0 Å². The van der Waals surface area contributed by atoms with Gasteiger partial charge in [0.15, 0.2) is 0 Å². The first-order valence-corrected chi connectivity index (χ1v) is 4.54. The van der Waals surface area contributed by atoms with Gasteiger partial charge in [-0.15, -0.1) is 0 Å². The third kappa shape index (κ3) is 1.35. The maximum absolute atomic E-state index is 11.5. The van der Waals surface area contributed by atoms with E-state index < -0.39 is 11.9 Å². The summed E-state index contributed by atoms with van der Waals surface area (Å²) in [6.07, 6.45) is 3.67. The molecule has 2 heterocycles. The van der Waals surface area contributed by atoms with E-state index in [1.807, 2.05) is 12.2 Å². The molecular weight excluding hydrogens is 198 g/mol. The minimum Gasteiger partial charge on any atom is -0.466 e. The summed E-state index contributed by atoms with van der Waals surface area (Å²) >= 11 is 0. The maximum atomic E-state index is 11.5. The van der Waals surface area contributed by atoms with Gasteiger partial charge >= 0.3 is 11.9 Å². The lowest BCUT2D eigenvalue weighted by Gasteiger charge is -2.10. The van der Waals surface area contributed by atoms with E-state index in [2.05, 4.69) is 14.8 Å². The highest BCUT2D eigenvalue weighted by Gasteiger charge is 2.42. The van der Waals surface area contributed by atoms with E-state index in [0.717, 1.165) is 0 Å². The Hall–Kier alpha value is -1.62. The molecule has 2 unspecified atom stereocenters. The van der Waals surface area contributed by atoms with Crippen LogP contribution in [-0.4, -0.2) is 38.2 Å². The van der Waals surface area contributed by atoms with E-state index in [9.17, 15) is 9.59 Å². The van der Waals surface area contributed by atoms with Gasteiger partial charge < -0.3 is 9.47 Å². The number of carbonyl (C=O) groups is 2. The molecule has 2 bridgehead atoms. The molecule has 15 heavy (non-hydrogen) atoms. The summed E-state index contributed by atoms with van der Waals surface area (Å²) in [4.78, 5) is 22.9. The van der Waals surface area contributed by atoms with E-state index in [-0.39, 0.29) is 12.1 Å². The zero-order valence-electron chi connectivity index (χ0n) is 8.44. The molecule has 0 saturated heterocycles. The second kappa shape index (κ2) is 3.51. The van der Waals surface area contributed by atoms with Crippen LogP contribution in [0, 0.1) is 0 Å². The zero-order valence-corrected chi connectivity index (χ0v) is 8.44. The van der Waals surface area contributed by atoms with Crippen LogP contribution in [0.5, 0.6) is 0 Å². The Morgan fingerprint density at radius 1 is 1.07 bits per heavy atom. The molecule has 0 saturated carbocycles. The predicted octanol–water partition coefficient (Wildman–Crippen LogP) is -0.461. The molecule has 2 atom stereocenters. The molecule has 1 N–H and O–H groups in total. The van der Waals surface area contributed by atoms with Crippen LogP contribution < -0.4 is 5.32 Å². The van der Waals surface area contributed by atoms with Gasteiger partial charge in [0, 0.05) is 0 Å². The van der Waals surface area contributed by atoms with E-state index in [0.29, 0.717) is 11.1 Å². The SMILES string of the molecule is COC(=O)C1=C(C(=O)OC)C2C=CC1N2. The molecule has 2 aliphatic heterocycles. The average Bonchev–Trinajstić information content (AvgIpc) is 2.86. The molecule has 0 aromatic heterocycles. The fraction of sp³-hybridized carbons (Fsp3) is 0.400. The summed E-state index contributed by atoms with van der Waals surface area (Å²) in [5.41, 5.74) is 0.716. The number of rotatable bonds is 2. The van der Waals surface area contributed by atoms with E-state index in [1.54, 1.807) is 0 Å². The Balaban J connectivity index is 2.40. The van der Waals surface area contributed by atoms with Crippen molar-refractivity contribution in [1.29, 1.82) is 0 Å². The monoisotopic (exact) mass is 209 g/mol. The number of carbonyl (C=O) groups excluding carboxylic acids is 2. The lowest BCUT2D eigenvalue weighted by atomic mass is 9.97. The molecule has 0 aliphatic carbocycles. The minimum atomic E-state index is -0.486. The first-order chi connectivity index (χ1) is 7.19. The van der Waals surface area contributed by atoms with Gasteiger partial charge in [-0.05, 0) is 0 Å². The minimum absolute atomic E-state index is 0.225. The van der Waals surface area contributed by atoms with Crippen molar-refractivity contribution in [2.24, 2.45) is 0 Å². The van der Waals surface area contributed by atoms with Crippen molar-refractivity contribution in [3.63, 3.8) is 0 Å². The molecule has 5 nitrogen and oxygen atoms in total. The molecule has 80 valence electrons. The molecule has 0 aromatic rings. The fourth-order valence-corrected chi connectivity index (χ4v) is 1.91. The maximum Gasteiger partial charge on any atom is 0.336 e. The van der Waals surface area contributed by atoms with Crippen molar-refractivity contribution >= 4 is 11.9 Å². The third-order valence-electron chi connectivity index (χ3n) is 2.58. The van der Waals surface area contributed by atoms with Gasteiger partial charge in [-0.1, -0.05) is 12.2 Å². The quantitative estimate of drug-likeness (QED) is 0.492. The number of methoxy groups -OCH3 is 2. The largest absolute Gasteiger partial charge is 0.466 e. The molecule has 0 amide bonds. The number of hydrogen-bond donors (Lipinski definition) is 1. The highest BCUT2D eigenvalue weighted by Crippen LogP contribution is 2.30. The van der Waals surface area contributed by atoms with Crippen LogP contribution in [0.1, 0.15) is 0 Å². The topological polar surface area (TPSA) is 64.6 Å². The molecular formula is C10H11NO4. The van der Waals surface area contributed by atoms with Gasteiger partial charge in [0.25, 0.3) is 0 Å². The molecule has 5 heteroatoms. The van der Waals surface area contributed by atoms with Crippen LogP contribution in [0.2, 0.25) is 0 Å². The molecule has 2 rings (SSSR count). The van der Waals surface area contributed by atoms with Gasteiger partial charge in [0.05, 0.1) is 37.4 Å². The summed E-state index contributed by atoms with van der Waals surface area (Å²) < 4.78 is 9.27. The van der Waals surface area contributed by atoms with Crippen molar-refractivity contribution in [2.45, 2.75) is 12.1 Å². The van der Waals surface area contributed by atoms with Crippen LogP contribution >= 0.6 is 0 Å². The highest BCUT2D eigenvalue weighted by atomic mass is 16.5. The van der Waals surface area contributed by atoms with Crippen LogP contribution in [0.4, 0.5) is 0 Å². The standard InChI is InChI=1S/C10H11NO4/c1-14-9(12)7-5-3-4-6(11-5)8(7)10(13)15-2/h3-6,11H,1-2H3. The number of esters is 2. The lowest BCUT2D eigenvalue weighted by molar-refractivity contribution is -0.139. The van der Waals surface area contributed by atoms with E-state index in [1.165, 1.54) is 14.2 Å². The van der Waals surface area contributed by atoms with Crippen molar-refractivity contribution in [2.75, 3.05) is 14.2 Å². The van der Waals surface area contributed by atoms with Crippen LogP contribution in [0.3, 0.4) is 0 Å². The zero-order chi connectivity index (χ0) is 11.0. The predicted molar refractivity (Wildman–Crippen MR) is 50.9 cm³/mol. The Labute approximate surface area is 86.7 Å². The van der Waals surface area contributed by atoms with Gasteiger partial charge in [0.2, 0.25) is 0 Å². The first-order valence-electron chi connectivity index (χ1n) is 4.54. The van der Waals surface area contributed by atoms with Crippen molar-refractivity contribution in [1.82, 2.24) is 5.32 Å². The van der Waals surface area contributed by atoms with E-state index >= 15 is 0 Å². The summed E-state index contributed by atoms with van der Waals surface area (Å²) in [5.74, 6) is -0.973. The third-order valence-corrected chi connectivity index (χ3v) is 2.58. The molecule has 0 spiro atoms. The summed E-state index contributed by atoms with van der Waals surface area (Å²) in [5, 5.41) is 3.07. The fourth-order valence-electron chi connectivity index (χ4n) is 1.91. The molecule has 0 radical (unpaired) electrons. The second-order valence-electron chi connectivity index (χ2n) is 3.32. The number of ether oxygens (including phenoxy) is 2.